The van der Waals surface area contributed by atoms with E-state index in [0.29, 0.717) is 5.71 Å². The Morgan fingerprint density at radius 1 is 1.47 bits per heavy atom. The highest BCUT2D eigenvalue weighted by atomic mass is 16.4. The molecule has 2 N–H and O–H groups in total. The standard InChI is InChI=1S/C12H22N2O3/c1-8(13-14(4)11(16)17)9-5-6-12(2,3)7-10(9)15/h9-10,15H,5-7H2,1-4H3,(H,16,17)/b13-8-. The van der Waals surface area contributed by atoms with Gasteiger partial charge in [0.25, 0.3) is 0 Å². The first-order chi connectivity index (χ1) is 7.73. The highest BCUT2D eigenvalue weighted by Gasteiger charge is 2.35. The van der Waals surface area contributed by atoms with Crippen LogP contribution in [0.4, 0.5) is 4.79 Å². The van der Waals surface area contributed by atoms with Gasteiger partial charge in [-0.1, -0.05) is 13.8 Å². The average molecular weight is 242 g/mol. The van der Waals surface area contributed by atoms with Crippen LogP contribution in [0.25, 0.3) is 0 Å². The first kappa shape index (κ1) is 14.0. The number of hydrogen-bond acceptors (Lipinski definition) is 3. The zero-order valence-corrected chi connectivity index (χ0v) is 11.0. The van der Waals surface area contributed by atoms with E-state index < -0.39 is 12.2 Å². The lowest BCUT2D eigenvalue weighted by Crippen LogP contribution is -2.38. The number of amides is 1. The number of carbonyl (C=O) groups is 1. The van der Waals surface area contributed by atoms with E-state index in [1.807, 2.05) is 0 Å². The van der Waals surface area contributed by atoms with Crippen molar-refractivity contribution in [3.63, 3.8) is 0 Å². The van der Waals surface area contributed by atoms with E-state index in [1.165, 1.54) is 7.05 Å². The molecular weight excluding hydrogens is 220 g/mol. The van der Waals surface area contributed by atoms with Crippen LogP contribution in [-0.4, -0.2) is 40.2 Å². The van der Waals surface area contributed by atoms with Crippen LogP contribution in [0.15, 0.2) is 5.10 Å². The summed E-state index contributed by atoms with van der Waals surface area (Å²) in [6.45, 7) is 6.07. The molecule has 1 amide bonds. The summed E-state index contributed by atoms with van der Waals surface area (Å²) in [6.07, 6.45) is 1.11. The molecule has 98 valence electrons. The molecule has 0 heterocycles. The molecule has 0 aromatic heterocycles. The maximum Gasteiger partial charge on any atom is 0.427 e. The van der Waals surface area contributed by atoms with E-state index in [0.717, 1.165) is 24.3 Å². The quantitative estimate of drug-likeness (QED) is 0.575. The lowest BCUT2D eigenvalue weighted by Gasteiger charge is -2.38. The zero-order valence-electron chi connectivity index (χ0n) is 11.0. The van der Waals surface area contributed by atoms with Crippen molar-refractivity contribution in [2.24, 2.45) is 16.4 Å². The van der Waals surface area contributed by atoms with Crippen LogP contribution in [0, 0.1) is 11.3 Å². The third kappa shape index (κ3) is 3.70. The fourth-order valence-electron chi connectivity index (χ4n) is 2.39. The molecule has 1 fully saturated rings. The highest BCUT2D eigenvalue weighted by molar-refractivity contribution is 5.85. The van der Waals surface area contributed by atoms with Crippen LogP contribution < -0.4 is 0 Å². The number of hydrogen-bond donors (Lipinski definition) is 2. The van der Waals surface area contributed by atoms with Crippen molar-refractivity contribution < 1.29 is 15.0 Å². The Kier molecular flexibility index (Phi) is 4.14. The van der Waals surface area contributed by atoms with Crippen molar-refractivity contribution in [3.05, 3.63) is 0 Å². The van der Waals surface area contributed by atoms with Crippen molar-refractivity contribution >= 4 is 11.8 Å². The van der Waals surface area contributed by atoms with Gasteiger partial charge in [-0.05, 0) is 31.6 Å². The summed E-state index contributed by atoms with van der Waals surface area (Å²) in [4.78, 5) is 10.7. The molecule has 0 aromatic carbocycles. The molecule has 0 aromatic rings. The zero-order chi connectivity index (χ0) is 13.2. The molecular formula is C12H22N2O3. The first-order valence-corrected chi connectivity index (χ1v) is 5.93. The van der Waals surface area contributed by atoms with Gasteiger partial charge in [0, 0.05) is 18.7 Å². The Bertz CT molecular complexity index is 326. The Balaban J connectivity index is 2.71. The predicted octanol–water partition coefficient (Wildman–Crippen LogP) is 2.16. The fourth-order valence-corrected chi connectivity index (χ4v) is 2.39. The van der Waals surface area contributed by atoms with Gasteiger partial charge in [-0.2, -0.15) is 5.10 Å². The highest BCUT2D eigenvalue weighted by Crippen LogP contribution is 2.38. The average Bonchev–Trinajstić information content (AvgIpc) is 2.15. The normalized spacial score (nSPS) is 28.9. The lowest BCUT2D eigenvalue weighted by atomic mass is 9.70. The van der Waals surface area contributed by atoms with E-state index in [-0.39, 0.29) is 11.3 Å². The van der Waals surface area contributed by atoms with E-state index >= 15 is 0 Å². The molecule has 1 aliphatic rings. The number of carboxylic acid groups (broad SMARTS) is 1. The Morgan fingerprint density at radius 3 is 2.53 bits per heavy atom. The molecule has 1 rings (SSSR count). The smallest absolute Gasteiger partial charge is 0.427 e. The summed E-state index contributed by atoms with van der Waals surface area (Å²) in [6, 6.07) is 0. The van der Waals surface area contributed by atoms with Crippen molar-refractivity contribution in [2.75, 3.05) is 7.05 Å². The Morgan fingerprint density at radius 2 is 2.06 bits per heavy atom. The minimum absolute atomic E-state index is 0.0233. The predicted molar refractivity (Wildman–Crippen MR) is 66.0 cm³/mol. The second kappa shape index (κ2) is 5.04. The Labute approximate surface area is 102 Å². The van der Waals surface area contributed by atoms with E-state index in [9.17, 15) is 9.90 Å². The largest absolute Gasteiger partial charge is 0.464 e. The molecule has 2 unspecified atom stereocenters. The maximum absolute atomic E-state index is 10.7. The van der Waals surface area contributed by atoms with Crippen molar-refractivity contribution in [3.8, 4) is 0 Å². The lowest BCUT2D eigenvalue weighted by molar-refractivity contribution is 0.0407. The molecule has 2 atom stereocenters. The summed E-state index contributed by atoms with van der Waals surface area (Å²) in [5.74, 6) is -0.0233. The summed E-state index contributed by atoms with van der Waals surface area (Å²) < 4.78 is 0. The number of rotatable bonds is 2. The molecule has 0 spiro atoms. The summed E-state index contributed by atoms with van der Waals surface area (Å²) in [7, 11) is 1.39. The number of aliphatic hydroxyl groups excluding tert-OH is 1. The SMILES string of the molecule is C/C(=N/N(C)C(=O)O)C1CCC(C)(C)CC1O. The monoisotopic (exact) mass is 242 g/mol. The summed E-state index contributed by atoms with van der Waals surface area (Å²) >= 11 is 0. The van der Waals surface area contributed by atoms with Crippen LogP contribution >= 0.6 is 0 Å². The van der Waals surface area contributed by atoms with E-state index in [4.69, 9.17) is 5.11 Å². The van der Waals surface area contributed by atoms with Crippen LogP contribution in [0.1, 0.15) is 40.0 Å². The van der Waals surface area contributed by atoms with Crippen molar-refractivity contribution in [2.45, 2.75) is 46.1 Å². The van der Waals surface area contributed by atoms with Gasteiger partial charge in [0.15, 0.2) is 0 Å². The van der Waals surface area contributed by atoms with E-state index in [2.05, 4.69) is 18.9 Å². The van der Waals surface area contributed by atoms with Crippen molar-refractivity contribution in [1.82, 2.24) is 5.01 Å². The maximum atomic E-state index is 10.7. The molecule has 0 bridgehead atoms. The molecule has 0 aliphatic heterocycles. The van der Waals surface area contributed by atoms with Gasteiger partial charge < -0.3 is 10.2 Å². The van der Waals surface area contributed by atoms with Crippen LogP contribution in [0.2, 0.25) is 0 Å². The van der Waals surface area contributed by atoms with Gasteiger partial charge in [-0.3, -0.25) is 0 Å². The number of nitrogens with zero attached hydrogens (tertiary/aromatic N) is 2. The molecule has 5 nitrogen and oxygen atoms in total. The molecule has 17 heavy (non-hydrogen) atoms. The Hall–Kier alpha value is -1.10. The second-order valence-electron chi connectivity index (χ2n) is 5.63. The third-order valence-corrected chi connectivity index (χ3v) is 3.48. The van der Waals surface area contributed by atoms with Gasteiger partial charge >= 0.3 is 6.09 Å². The van der Waals surface area contributed by atoms with Gasteiger partial charge in [0.1, 0.15) is 0 Å². The summed E-state index contributed by atoms with van der Waals surface area (Å²) in [5, 5.41) is 23.7. The van der Waals surface area contributed by atoms with Crippen molar-refractivity contribution in [1.29, 1.82) is 0 Å². The fraction of sp³-hybridized carbons (Fsp3) is 0.833. The number of aliphatic hydroxyl groups is 1. The number of hydrazone groups is 1. The molecule has 0 saturated heterocycles. The summed E-state index contributed by atoms with van der Waals surface area (Å²) in [5.41, 5.74) is 0.854. The third-order valence-electron chi connectivity index (χ3n) is 3.48. The van der Waals surface area contributed by atoms with Crippen LogP contribution in [-0.2, 0) is 0 Å². The first-order valence-electron chi connectivity index (χ1n) is 5.93. The van der Waals surface area contributed by atoms with Crippen LogP contribution in [0.5, 0.6) is 0 Å². The molecule has 5 heteroatoms. The van der Waals surface area contributed by atoms with E-state index in [1.54, 1.807) is 6.92 Å². The van der Waals surface area contributed by atoms with Gasteiger partial charge in [0.2, 0.25) is 0 Å². The molecule has 1 saturated carbocycles. The second-order valence-corrected chi connectivity index (χ2v) is 5.63. The topological polar surface area (TPSA) is 73.1 Å². The van der Waals surface area contributed by atoms with Crippen LogP contribution in [0.3, 0.4) is 0 Å². The van der Waals surface area contributed by atoms with Gasteiger partial charge in [0.05, 0.1) is 6.10 Å². The van der Waals surface area contributed by atoms with Gasteiger partial charge in [-0.15, -0.1) is 0 Å². The minimum atomic E-state index is -1.09. The molecule has 1 aliphatic carbocycles. The van der Waals surface area contributed by atoms with Gasteiger partial charge in [-0.25, -0.2) is 9.80 Å². The minimum Gasteiger partial charge on any atom is -0.464 e. The molecule has 0 radical (unpaired) electrons.